The first-order valence-electron chi connectivity index (χ1n) is 11.0. The lowest BCUT2D eigenvalue weighted by molar-refractivity contribution is 0.0619. The van der Waals surface area contributed by atoms with Crippen LogP contribution < -0.4 is 4.74 Å². The third kappa shape index (κ3) is 5.31. The number of aryl methyl sites for hydroxylation is 1. The van der Waals surface area contributed by atoms with E-state index in [1.165, 1.54) is 5.56 Å². The first-order chi connectivity index (χ1) is 15.5. The number of carbonyl (C=O) groups is 1. The Morgan fingerprint density at radius 3 is 2.38 bits per heavy atom. The highest BCUT2D eigenvalue weighted by molar-refractivity contribution is 6.30. The van der Waals surface area contributed by atoms with Gasteiger partial charge in [-0.05, 0) is 43.7 Å². The van der Waals surface area contributed by atoms with Crippen molar-refractivity contribution in [2.75, 3.05) is 39.3 Å². The molecule has 0 saturated carbocycles. The maximum absolute atomic E-state index is 13.3. The van der Waals surface area contributed by atoms with Gasteiger partial charge in [0.05, 0.1) is 17.8 Å². The molecule has 1 aliphatic heterocycles. The zero-order chi connectivity index (χ0) is 22.5. The smallest absolute Gasteiger partial charge is 0.257 e. The minimum atomic E-state index is 0.0800. The van der Waals surface area contributed by atoms with Crippen LogP contribution in [0, 0.1) is 13.8 Å². The second-order valence-corrected chi connectivity index (χ2v) is 8.56. The van der Waals surface area contributed by atoms with Crippen molar-refractivity contribution in [2.45, 2.75) is 20.4 Å². The Morgan fingerprint density at radius 2 is 1.69 bits per heavy atom. The number of aromatic nitrogens is 2. The fourth-order valence-electron chi connectivity index (χ4n) is 4.07. The molecule has 0 radical (unpaired) electrons. The molecule has 0 atom stereocenters. The molecular formula is C25H29ClN4O2. The fourth-order valence-corrected chi connectivity index (χ4v) is 4.20. The van der Waals surface area contributed by atoms with Crippen LogP contribution in [0.1, 0.15) is 27.3 Å². The summed E-state index contributed by atoms with van der Waals surface area (Å²) >= 11 is 5.91. The predicted octanol–water partition coefficient (Wildman–Crippen LogP) is 4.04. The zero-order valence-corrected chi connectivity index (χ0v) is 19.4. The number of hydrogen-bond donors (Lipinski definition) is 0. The number of hydrogen-bond acceptors (Lipinski definition) is 4. The van der Waals surface area contributed by atoms with Crippen molar-refractivity contribution in [2.24, 2.45) is 0 Å². The van der Waals surface area contributed by atoms with Gasteiger partial charge >= 0.3 is 0 Å². The van der Waals surface area contributed by atoms with Crippen LogP contribution in [0.25, 0.3) is 0 Å². The van der Waals surface area contributed by atoms with Crippen LogP contribution >= 0.6 is 11.6 Å². The van der Waals surface area contributed by atoms with Gasteiger partial charge in [0.2, 0.25) is 0 Å². The molecule has 1 fully saturated rings. The molecule has 32 heavy (non-hydrogen) atoms. The Kier molecular flexibility index (Phi) is 7.12. The van der Waals surface area contributed by atoms with E-state index in [-0.39, 0.29) is 5.91 Å². The second kappa shape index (κ2) is 10.2. The number of rotatable bonds is 7. The van der Waals surface area contributed by atoms with E-state index < -0.39 is 0 Å². The van der Waals surface area contributed by atoms with Gasteiger partial charge in [-0.3, -0.25) is 14.4 Å². The zero-order valence-electron chi connectivity index (χ0n) is 18.6. The number of ether oxygens (including phenoxy) is 1. The highest BCUT2D eigenvalue weighted by Gasteiger charge is 2.26. The molecule has 0 N–H and O–H groups in total. The van der Waals surface area contributed by atoms with Crippen LogP contribution in [-0.2, 0) is 6.54 Å². The Bertz CT molecular complexity index is 1040. The molecule has 2 aromatic carbocycles. The minimum absolute atomic E-state index is 0.0800. The maximum atomic E-state index is 13.3. The lowest BCUT2D eigenvalue weighted by Gasteiger charge is -2.34. The Morgan fingerprint density at radius 1 is 1.00 bits per heavy atom. The first-order valence-corrected chi connectivity index (χ1v) is 11.4. The van der Waals surface area contributed by atoms with Crippen LogP contribution in [0.2, 0.25) is 5.02 Å². The summed E-state index contributed by atoms with van der Waals surface area (Å²) in [5, 5.41) is 5.35. The quantitative estimate of drug-likeness (QED) is 0.543. The normalized spacial score (nSPS) is 14.5. The minimum Gasteiger partial charge on any atom is -0.492 e. The van der Waals surface area contributed by atoms with E-state index in [0.29, 0.717) is 31.3 Å². The van der Waals surface area contributed by atoms with Crippen LogP contribution in [-0.4, -0.2) is 64.8 Å². The molecule has 0 aliphatic carbocycles. The monoisotopic (exact) mass is 452 g/mol. The molecule has 0 spiro atoms. The van der Waals surface area contributed by atoms with Crippen molar-refractivity contribution in [3.8, 4) is 5.75 Å². The summed E-state index contributed by atoms with van der Waals surface area (Å²) in [6.07, 6.45) is 0. The van der Waals surface area contributed by atoms with Gasteiger partial charge in [-0.2, -0.15) is 5.10 Å². The van der Waals surface area contributed by atoms with E-state index in [4.69, 9.17) is 16.3 Å². The van der Waals surface area contributed by atoms with Gasteiger partial charge in [0.15, 0.2) is 0 Å². The average Bonchev–Trinajstić information content (AvgIpc) is 3.08. The number of carbonyl (C=O) groups excluding carboxylic acids is 1. The van der Waals surface area contributed by atoms with Gasteiger partial charge in [-0.15, -0.1) is 0 Å². The van der Waals surface area contributed by atoms with E-state index in [9.17, 15) is 4.79 Å². The van der Waals surface area contributed by atoms with Crippen LogP contribution in [0.15, 0.2) is 54.6 Å². The molecule has 0 unspecified atom stereocenters. The van der Waals surface area contributed by atoms with Gasteiger partial charge < -0.3 is 9.64 Å². The topological polar surface area (TPSA) is 50.6 Å². The number of nitrogens with zero attached hydrogens (tertiary/aromatic N) is 4. The van der Waals surface area contributed by atoms with E-state index in [2.05, 4.69) is 22.1 Å². The first kappa shape index (κ1) is 22.4. The SMILES string of the molecule is Cc1nn(Cc2ccccc2)c(C)c1C(=O)N1CCN(CCOc2ccc(Cl)cc2)CC1. The van der Waals surface area contributed by atoms with Crippen molar-refractivity contribution in [1.82, 2.24) is 19.6 Å². The molecule has 2 heterocycles. The summed E-state index contributed by atoms with van der Waals surface area (Å²) < 4.78 is 7.73. The summed E-state index contributed by atoms with van der Waals surface area (Å²) in [5.41, 5.74) is 3.63. The largest absolute Gasteiger partial charge is 0.492 e. The molecule has 1 aliphatic rings. The Balaban J connectivity index is 1.30. The lowest BCUT2D eigenvalue weighted by Crippen LogP contribution is -2.49. The predicted molar refractivity (Wildman–Crippen MR) is 127 cm³/mol. The third-order valence-corrected chi connectivity index (χ3v) is 6.17. The lowest BCUT2D eigenvalue weighted by atomic mass is 10.1. The van der Waals surface area contributed by atoms with E-state index in [0.717, 1.165) is 42.3 Å². The highest BCUT2D eigenvalue weighted by Crippen LogP contribution is 2.19. The van der Waals surface area contributed by atoms with E-state index in [1.54, 1.807) is 0 Å². The Hall–Kier alpha value is -2.83. The number of piperazine rings is 1. The molecular weight excluding hydrogens is 424 g/mol. The van der Waals surface area contributed by atoms with Gasteiger partial charge in [0.25, 0.3) is 5.91 Å². The van der Waals surface area contributed by atoms with Gasteiger partial charge in [0.1, 0.15) is 12.4 Å². The highest BCUT2D eigenvalue weighted by atomic mass is 35.5. The third-order valence-electron chi connectivity index (χ3n) is 5.92. The molecule has 168 valence electrons. The maximum Gasteiger partial charge on any atom is 0.257 e. The van der Waals surface area contributed by atoms with Crippen LogP contribution in [0.4, 0.5) is 0 Å². The molecule has 6 nitrogen and oxygen atoms in total. The summed E-state index contributed by atoms with van der Waals surface area (Å²) in [4.78, 5) is 17.5. The molecule has 4 rings (SSSR count). The fraction of sp³-hybridized carbons (Fsp3) is 0.360. The number of amides is 1. The van der Waals surface area contributed by atoms with Gasteiger partial charge in [-0.1, -0.05) is 41.9 Å². The summed E-state index contributed by atoms with van der Waals surface area (Å²) in [6, 6.07) is 17.6. The standard InChI is InChI=1S/C25H29ClN4O2/c1-19-24(20(2)30(27-19)18-21-6-4-3-5-7-21)25(31)29-14-12-28(13-15-29)16-17-32-23-10-8-22(26)9-11-23/h3-11H,12-18H2,1-2H3. The number of halogens is 1. The molecule has 3 aromatic rings. The van der Waals surface area contributed by atoms with Gasteiger partial charge in [-0.25, -0.2) is 0 Å². The molecule has 1 aromatic heterocycles. The van der Waals surface area contributed by atoms with Crippen molar-refractivity contribution >= 4 is 17.5 Å². The second-order valence-electron chi connectivity index (χ2n) is 8.13. The summed E-state index contributed by atoms with van der Waals surface area (Å²) in [6.45, 7) is 9.12. The average molecular weight is 453 g/mol. The Labute approximate surface area is 194 Å². The van der Waals surface area contributed by atoms with E-state index >= 15 is 0 Å². The van der Waals surface area contributed by atoms with E-state index in [1.807, 2.05) is 65.9 Å². The van der Waals surface area contributed by atoms with Crippen LogP contribution in [0.5, 0.6) is 5.75 Å². The van der Waals surface area contributed by atoms with Crippen molar-refractivity contribution in [1.29, 1.82) is 0 Å². The molecule has 0 bridgehead atoms. The van der Waals surface area contributed by atoms with Crippen molar-refractivity contribution in [3.63, 3.8) is 0 Å². The summed E-state index contributed by atoms with van der Waals surface area (Å²) in [7, 11) is 0. The van der Waals surface area contributed by atoms with Crippen molar-refractivity contribution in [3.05, 3.63) is 82.1 Å². The summed E-state index contributed by atoms with van der Waals surface area (Å²) in [5.74, 6) is 0.901. The molecule has 7 heteroatoms. The van der Waals surface area contributed by atoms with Crippen LogP contribution in [0.3, 0.4) is 0 Å². The molecule has 1 amide bonds. The number of benzene rings is 2. The van der Waals surface area contributed by atoms with Gasteiger partial charge in [0, 0.05) is 43.4 Å². The molecule has 1 saturated heterocycles. The van der Waals surface area contributed by atoms with Crippen molar-refractivity contribution < 1.29 is 9.53 Å².